The average molecular weight is 537 g/mol. The lowest BCUT2D eigenvalue weighted by atomic mass is 9.85. The van der Waals surface area contributed by atoms with E-state index in [1.54, 1.807) is 38.1 Å². The third-order valence-corrected chi connectivity index (χ3v) is 9.37. The van der Waals surface area contributed by atoms with Crippen molar-refractivity contribution in [3.8, 4) is 6.57 Å². The minimum absolute atomic E-state index is 0.186. The summed E-state index contributed by atoms with van der Waals surface area (Å²) >= 11 is 0. The Bertz CT molecular complexity index is 997. The molecule has 0 N–H and O–H groups in total. The first-order valence-electron chi connectivity index (χ1n) is 13.3. The number of carbonyl (C=O) groups excluding carboxylic acids is 2. The summed E-state index contributed by atoms with van der Waals surface area (Å²) in [5.41, 5.74) is -0.364. The Morgan fingerprint density at radius 2 is 1.16 bits per heavy atom. The molecule has 0 amide bonds. The molecule has 0 aliphatic heterocycles. The lowest BCUT2D eigenvalue weighted by Crippen LogP contribution is -2.36. The number of hydrogen-bond donors (Lipinski definition) is 0. The maximum Gasteiger partial charge on any atom is 0.381 e. The van der Waals surface area contributed by atoms with Gasteiger partial charge in [0, 0.05) is 12.8 Å². The van der Waals surface area contributed by atoms with Gasteiger partial charge >= 0.3 is 16.8 Å². The summed E-state index contributed by atoms with van der Waals surface area (Å²) in [4.78, 5) is 27.2. The van der Waals surface area contributed by atoms with Gasteiger partial charge in [0.1, 0.15) is 0 Å². The molecule has 0 spiro atoms. The van der Waals surface area contributed by atoms with Gasteiger partial charge in [0.05, 0.1) is 28.9 Å². The van der Waals surface area contributed by atoms with Crippen LogP contribution < -0.4 is 0 Å². The van der Waals surface area contributed by atoms with Crippen molar-refractivity contribution in [1.82, 2.24) is 0 Å². The molecule has 0 radical (unpaired) electrons. The van der Waals surface area contributed by atoms with Gasteiger partial charge in [-0.15, -0.1) is 0 Å². The van der Waals surface area contributed by atoms with Gasteiger partial charge in [-0.3, -0.25) is 9.59 Å². The van der Waals surface area contributed by atoms with Crippen LogP contribution in [0.2, 0.25) is 0 Å². The van der Waals surface area contributed by atoms with E-state index in [4.69, 9.17) is 16.0 Å². The first-order chi connectivity index (χ1) is 17.2. The van der Waals surface area contributed by atoms with Crippen molar-refractivity contribution in [2.45, 2.75) is 110 Å². The first-order valence-corrected chi connectivity index (χ1v) is 14.8. The summed E-state index contributed by atoms with van der Waals surface area (Å²) in [5.74, 6) is -0.525. The predicted molar refractivity (Wildman–Crippen MR) is 147 cm³/mol. The fraction of sp³-hybridized carbons (Fsp3) is 0.690. The summed E-state index contributed by atoms with van der Waals surface area (Å²) in [6.45, 7) is 19.3. The zero-order valence-corrected chi connectivity index (χ0v) is 24.6. The molecule has 1 aromatic carbocycles. The molecule has 1 rings (SSSR count). The highest BCUT2D eigenvalue weighted by molar-refractivity contribution is 7.93. The van der Waals surface area contributed by atoms with Crippen LogP contribution in [0.25, 0.3) is 4.85 Å². The number of unbranched alkanes of at least 4 members (excludes halogenated alkanes) is 2. The molecule has 0 unspecified atom stereocenters. The molecule has 37 heavy (non-hydrogen) atoms. The Morgan fingerprint density at radius 1 is 0.784 bits per heavy atom. The van der Waals surface area contributed by atoms with Gasteiger partial charge in [-0.05, 0) is 86.3 Å². The van der Waals surface area contributed by atoms with Crippen molar-refractivity contribution in [2.24, 2.45) is 10.8 Å². The van der Waals surface area contributed by atoms with Crippen molar-refractivity contribution in [3.05, 3.63) is 34.7 Å². The van der Waals surface area contributed by atoms with E-state index in [1.807, 2.05) is 34.6 Å². The summed E-state index contributed by atoms with van der Waals surface area (Å²) in [7, 11) is -3.89. The van der Waals surface area contributed by atoms with Crippen molar-refractivity contribution in [1.29, 1.82) is 0 Å². The predicted octanol–water partition coefficient (Wildman–Crippen LogP) is 6.73. The molecule has 0 fully saturated rings. The lowest BCUT2D eigenvalue weighted by molar-refractivity contribution is -0.154. The molecule has 0 bridgehead atoms. The standard InChI is InChI=1S/C29H46NO6S/c1-9-35-25(31)27(4,5)19-11-13-21-29(30-8,37(33,34)24-17-15-23(3)16-18-24)22-14-12-20-28(6,7)26(32)36-10-2/h8,15-18H,9-14,19-22H2,1-7H3/q+1. The van der Waals surface area contributed by atoms with Crippen molar-refractivity contribution in [2.75, 3.05) is 13.2 Å². The van der Waals surface area contributed by atoms with Gasteiger partial charge < -0.3 is 9.47 Å². The summed E-state index contributed by atoms with van der Waals surface area (Å²) in [6.07, 6.45) is 3.91. The summed E-state index contributed by atoms with van der Waals surface area (Å²) < 4.78 is 38.0. The Morgan fingerprint density at radius 3 is 1.51 bits per heavy atom. The van der Waals surface area contributed by atoms with Crippen LogP contribution in [0.1, 0.15) is 98.5 Å². The Kier molecular flexibility index (Phi) is 12.3. The fourth-order valence-electron chi connectivity index (χ4n) is 4.32. The van der Waals surface area contributed by atoms with Gasteiger partial charge in [0.15, 0.2) is 0 Å². The van der Waals surface area contributed by atoms with Crippen LogP contribution in [0.3, 0.4) is 0 Å². The van der Waals surface area contributed by atoms with Gasteiger partial charge in [-0.2, -0.15) is 0 Å². The molecule has 0 saturated carbocycles. The largest absolute Gasteiger partial charge is 0.466 e. The van der Waals surface area contributed by atoms with Gasteiger partial charge in [0.2, 0.25) is 0 Å². The topological polar surface area (TPSA) is 91.1 Å². The van der Waals surface area contributed by atoms with Crippen LogP contribution in [0, 0.1) is 24.3 Å². The number of sulfone groups is 1. The smallest absolute Gasteiger partial charge is 0.381 e. The summed E-state index contributed by atoms with van der Waals surface area (Å²) in [5, 5.41) is 0. The second-order valence-corrected chi connectivity index (χ2v) is 13.3. The molecule has 0 aromatic heterocycles. The van der Waals surface area contributed by atoms with Crippen LogP contribution >= 0.6 is 0 Å². The molecule has 8 heteroatoms. The third kappa shape index (κ3) is 8.84. The van der Waals surface area contributed by atoms with E-state index in [9.17, 15) is 18.0 Å². The van der Waals surface area contributed by atoms with Crippen LogP contribution in [0.4, 0.5) is 0 Å². The zero-order chi connectivity index (χ0) is 28.3. The van der Waals surface area contributed by atoms with E-state index in [0.29, 0.717) is 51.7 Å². The fourth-order valence-corrected chi connectivity index (χ4v) is 6.22. The van der Waals surface area contributed by atoms with E-state index >= 15 is 0 Å². The lowest BCUT2D eigenvalue weighted by Gasteiger charge is -2.24. The van der Waals surface area contributed by atoms with Crippen LogP contribution in [-0.2, 0) is 28.9 Å². The number of ether oxygens (including phenoxy) is 2. The van der Waals surface area contributed by atoms with Crippen LogP contribution in [0.15, 0.2) is 29.2 Å². The number of nitrogens with zero attached hydrogens (tertiary/aromatic N) is 1. The van der Waals surface area contributed by atoms with Crippen molar-refractivity contribution < 1.29 is 27.5 Å². The number of hydrogen-bond acceptors (Lipinski definition) is 6. The van der Waals surface area contributed by atoms with E-state index < -0.39 is 25.5 Å². The Balaban J connectivity index is 3.07. The highest BCUT2D eigenvalue weighted by Crippen LogP contribution is 2.39. The molecular formula is C29H46NO6S+. The van der Waals surface area contributed by atoms with Crippen molar-refractivity contribution in [3.63, 3.8) is 0 Å². The van der Waals surface area contributed by atoms with Crippen LogP contribution in [0.5, 0.6) is 0 Å². The third-order valence-electron chi connectivity index (χ3n) is 6.96. The minimum atomic E-state index is -3.89. The van der Waals surface area contributed by atoms with Gasteiger partial charge in [0.25, 0.3) is 16.4 Å². The molecule has 0 aliphatic rings. The van der Waals surface area contributed by atoms with Crippen LogP contribution in [-0.4, -0.2) is 38.4 Å². The minimum Gasteiger partial charge on any atom is -0.466 e. The van der Waals surface area contributed by atoms with Crippen molar-refractivity contribution >= 4 is 21.8 Å². The van der Waals surface area contributed by atoms with Gasteiger partial charge in [-0.1, -0.05) is 35.4 Å². The van der Waals surface area contributed by atoms with E-state index in [-0.39, 0.29) is 29.7 Å². The number of rotatable bonds is 16. The second kappa shape index (κ2) is 13.9. The molecular weight excluding hydrogens is 490 g/mol. The maximum absolute atomic E-state index is 13.8. The van der Waals surface area contributed by atoms with E-state index in [1.165, 1.54) is 0 Å². The summed E-state index contributed by atoms with van der Waals surface area (Å²) in [6, 6.07) is 6.71. The molecule has 1 aromatic rings. The highest BCUT2D eigenvalue weighted by Gasteiger charge is 2.54. The Hall–Kier alpha value is -2.40. The SMILES string of the molecule is C#[N+]C(CCCCC(C)(C)C(=O)OCC)(CCCCC(C)(C)C(=O)OCC)S(=O)(=O)c1ccc(C)cc1. The number of esters is 2. The monoisotopic (exact) mass is 536 g/mol. The zero-order valence-electron chi connectivity index (χ0n) is 23.8. The van der Waals surface area contributed by atoms with E-state index in [0.717, 1.165) is 5.56 Å². The molecule has 0 atom stereocenters. The molecule has 208 valence electrons. The highest BCUT2D eigenvalue weighted by atomic mass is 32.2. The first kappa shape index (κ1) is 32.6. The Labute approximate surface area is 224 Å². The molecule has 7 nitrogen and oxygen atoms in total. The average Bonchev–Trinajstić information content (AvgIpc) is 2.83. The van der Waals surface area contributed by atoms with E-state index in [2.05, 4.69) is 4.85 Å². The molecule has 0 aliphatic carbocycles. The van der Waals surface area contributed by atoms with Gasteiger partial charge in [-0.25, -0.2) is 8.42 Å². The normalized spacial score (nSPS) is 12.6. The molecule has 0 heterocycles. The number of aryl methyl sites for hydroxylation is 1. The number of carbonyl (C=O) groups is 2. The quantitative estimate of drug-likeness (QED) is 0.172. The maximum atomic E-state index is 13.8. The molecule has 0 saturated heterocycles. The number of benzene rings is 1. The second-order valence-electron chi connectivity index (χ2n) is 11.0.